The highest BCUT2D eigenvalue weighted by atomic mass is 19.3. The fourth-order valence-electron chi connectivity index (χ4n) is 2.61. The predicted octanol–water partition coefficient (Wildman–Crippen LogP) is 2.26. The van der Waals surface area contributed by atoms with Crippen LogP contribution in [0, 0.1) is 0 Å². The van der Waals surface area contributed by atoms with Gasteiger partial charge in [0.05, 0.1) is 6.10 Å². The van der Waals surface area contributed by atoms with Gasteiger partial charge in [-0.3, -0.25) is 0 Å². The van der Waals surface area contributed by atoms with Crippen molar-refractivity contribution in [1.82, 2.24) is 10.2 Å². The van der Waals surface area contributed by atoms with E-state index in [1.54, 1.807) is 0 Å². The average Bonchev–Trinajstić information content (AvgIpc) is 2.55. The number of hydrogen-bond donors (Lipinski definition) is 3. The number of nitrogens with one attached hydrogen (secondary N) is 2. The SMILES string of the molecule is O=C(NC[C@H](O)CN1CCCCC1)Nc1ccc(OC(F)F)cc1. The lowest BCUT2D eigenvalue weighted by molar-refractivity contribution is -0.0498. The number of carbonyl (C=O) groups excluding carboxylic acids is 1. The van der Waals surface area contributed by atoms with E-state index in [0.717, 1.165) is 25.9 Å². The lowest BCUT2D eigenvalue weighted by Gasteiger charge is -2.28. The van der Waals surface area contributed by atoms with E-state index in [0.29, 0.717) is 12.2 Å². The summed E-state index contributed by atoms with van der Waals surface area (Å²) in [5.41, 5.74) is 0.444. The first kappa shape index (κ1) is 18.4. The van der Waals surface area contributed by atoms with Gasteiger partial charge in [-0.05, 0) is 50.2 Å². The summed E-state index contributed by atoms with van der Waals surface area (Å²) in [5, 5.41) is 15.1. The Balaban J connectivity index is 1.68. The minimum atomic E-state index is -2.88. The topological polar surface area (TPSA) is 73.8 Å². The standard InChI is InChI=1S/C16H23F2N3O3/c17-15(18)24-14-6-4-12(5-7-14)20-16(23)19-10-13(22)11-21-8-2-1-3-9-21/h4-7,13,15,22H,1-3,8-11H2,(H2,19,20,23)/t13-/m0/s1. The highest BCUT2D eigenvalue weighted by molar-refractivity contribution is 5.89. The van der Waals surface area contributed by atoms with Crippen molar-refractivity contribution in [3.05, 3.63) is 24.3 Å². The second-order valence-corrected chi connectivity index (χ2v) is 5.75. The second-order valence-electron chi connectivity index (χ2n) is 5.75. The van der Waals surface area contributed by atoms with Crippen molar-refractivity contribution >= 4 is 11.7 Å². The van der Waals surface area contributed by atoms with Crippen LogP contribution in [0.25, 0.3) is 0 Å². The molecular weight excluding hydrogens is 320 g/mol. The highest BCUT2D eigenvalue weighted by Gasteiger charge is 2.15. The van der Waals surface area contributed by atoms with E-state index in [1.165, 1.54) is 30.7 Å². The van der Waals surface area contributed by atoms with Gasteiger partial charge in [-0.25, -0.2) is 4.79 Å². The number of β-amino-alcohol motifs (C(OH)–C–C–N with tert-alkyl or cyclic N) is 1. The zero-order valence-corrected chi connectivity index (χ0v) is 13.4. The quantitative estimate of drug-likeness (QED) is 0.710. The highest BCUT2D eigenvalue weighted by Crippen LogP contribution is 2.17. The Morgan fingerprint density at radius 1 is 1.21 bits per heavy atom. The fraction of sp³-hybridized carbons (Fsp3) is 0.562. The van der Waals surface area contributed by atoms with Crippen LogP contribution in [0.1, 0.15) is 19.3 Å². The summed E-state index contributed by atoms with van der Waals surface area (Å²) in [6, 6.07) is 5.14. The van der Waals surface area contributed by atoms with Crippen molar-refractivity contribution in [2.24, 2.45) is 0 Å². The molecule has 1 aliphatic heterocycles. The van der Waals surface area contributed by atoms with Crippen molar-refractivity contribution in [1.29, 1.82) is 0 Å². The molecule has 1 heterocycles. The normalized spacial score (nSPS) is 16.7. The van der Waals surface area contributed by atoms with Crippen LogP contribution < -0.4 is 15.4 Å². The molecule has 0 saturated carbocycles. The molecule has 6 nitrogen and oxygen atoms in total. The van der Waals surface area contributed by atoms with Crippen LogP contribution in [0.4, 0.5) is 19.3 Å². The number of aliphatic hydroxyl groups excluding tert-OH is 1. The first-order chi connectivity index (χ1) is 11.5. The molecule has 1 aliphatic rings. The van der Waals surface area contributed by atoms with Crippen LogP contribution in [0.15, 0.2) is 24.3 Å². The van der Waals surface area contributed by atoms with Gasteiger partial charge < -0.3 is 25.4 Å². The number of piperidine rings is 1. The maximum atomic E-state index is 12.0. The number of benzene rings is 1. The Labute approximate surface area is 139 Å². The Kier molecular flexibility index (Phi) is 7.20. The summed E-state index contributed by atoms with van der Waals surface area (Å²) < 4.78 is 28.3. The van der Waals surface area contributed by atoms with E-state index in [2.05, 4.69) is 20.3 Å². The van der Waals surface area contributed by atoms with Crippen LogP contribution in [0.5, 0.6) is 5.75 Å². The Morgan fingerprint density at radius 2 is 1.88 bits per heavy atom. The van der Waals surface area contributed by atoms with Crippen molar-refractivity contribution in [3.63, 3.8) is 0 Å². The third-order valence-corrected chi connectivity index (χ3v) is 3.75. The molecule has 1 aromatic carbocycles. The van der Waals surface area contributed by atoms with Crippen molar-refractivity contribution in [2.75, 3.05) is 31.5 Å². The smallest absolute Gasteiger partial charge is 0.387 e. The van der Waals surface area contributed by atoms with Gasteiger partial charge in [0.2, 0.25) is 0 Å². The molecule has 134 valence electrons. The second kappa shape index (κ2) is 9.39. The Hall–Kier alpha value is -1.93. The number of urea groups is 1. The third kappa shape index (κ3) is 6.67. The van der Waals surface area contributed by atoms with E-state index < -0.39 is 18.7 Å². The third-order valence-electron chi connectivity index (χ3n) is 3.75. The van der Waals surface area contributed by atoms with Crippen molar-refractivity contribution in [3.8, 4) is 5.75 Å². The van der Waals surface area contributed by atoms with Gasteiger partial charge in [0.25, 0.3) is 0 Å². The maximum absolute atomic E-state index is 12.0. The zero-order valence-electron chi connectivity index (χ0n) is 13.4. The number of nitrogens with zero attached hydrogens (tertiary/aromatic N) is 1. The fourth-order valence-corrected chi connectivity index (χ4v) is 2.61. The number of amides is 2. The number of alkyl halides is 2. The lowest BCUT2D eigenvalue weighted by Crippen LogP contribution is -2.42. The number of halogens is 2. The van der Waals surface area contributed by atoms with E-state index in [4.69, 9.17) is 0 Å². The number of likely N-dealkylation sites (tertiary alicyclic amines) is 1. The largest absolute Gasteiger partial charge is 0.435 e. The van der Waals surface area contributed by atoms with Crippen molar-refractivity contribution in [2.45, 2.75) is 32.0 Å². The number of hydrogen-bond acceptors (Lipinski definition) is 4. The molecule has 1 aromatic rings. The maximum Gasteiger partial charge on any atom is 0.387 e. The van der Waals surface area contributed by atoms with E-state index in [1.807, 2.05) is 0 Å². The van der Waals surface area contributed by atoms with Gasteiger partial charge in [-0.2, -0.15) is 8.78 Å². The van der Waals surface area contributed by atoms with Crippen LogP contribution in [-0.4, -0.2) is 54.9 Å². The Morgan fingerprint density at radius 3 is 2.50 bits per heavy atom. The molecule has 1 atom stereocenters. The average molecular weight is 343 g/mol. The van der Waals surface area contributed by atoms with Gasteiger partial charge in [-0.15, -0.1) is 0 Å². The van der Waals surface area contributed by atoms with Crippen LogP contribution in [0.2, 0.25) is 0 Å². The molecule has 0 bridgehead atoms. The Bertz CT molecular complexity index is 508. The number of ether oxygens (including phenoxy) is 1. The predicted molar refractivity (Wildman–Crippen MR) is 86.4 cm³/mol. The summed E-state index contributed by atoms with van der Waals surface area (Å²) in [6.45, 7) is -0.227. The number of rotatable bonds is 7. The zero-order chi connectivity index (χ0) is 17.4. The lowest BCUT2D eigenvalue weighted by atomic mass is 10.1. The first-order valence-electron chi connectivity index (χ1n) is 8.03. The molecule has 1 fully saturated rings. The molecule has 0 aliphatic carbocycles. The molecule has 3 N–H and O–H groups in total. The molecule has 0 unspecified atom stereocenters. The summed E-state index contributed by atoms with van der Waals surface area (Å²) in [5.74, 6) is 0.0212. The van der Waals surface area contributed by atoms with Gasteiger partial charge in [0.15, 0.2) is 0 Å². The van der Waals surface area contributed by atoms with Gasteiger partial charge >= 0.3 is 12.6 Å². The number of carbonyl (C=O) groups is 1. The summed E-state index contributed by atoms with van der Waals surface area (Å²) >= 11 is 0. The number of aliphatic hydroxyl groups is 1. The molecule has 24 heavy (non-hydrogen) atoms. The minimum absolute atomic E-state index is 0.0212. The molecule has 2 amide bonds. The molecular formula is C16H23F2N3O3. The molecule has 1 saturated heterocycles. The molecule has 0 spiro atoms. The van der Waals surface area contributed by atoms with E-state index in [9.17, 15) is 18.7 Å². The van der Waals surface area contributed by atoms with Crippen LogP contribution >= 0.6 is 0 Å². The van der Waals surface area contributed by atoms with Crippen LogP contribution in [0.3, 0.4) is 0 Å². The van der Waals surface area contributed by atoms with E-state index >= 15 is 0 Å². The molecule has 8 heteroatoms. The van der Waals surface area contributed by atoms with Crippen LogP contribution in [-0.2, 0) is 0 Å². The molecule has 2 rings (SSSR count). The van der Waals surface area contributed by atoms with Gasteiger partial charge in [-0.1, -0.05) is 6.42 Å². The summed E-state index contributed by atoms with van der Waals surface area (Å²) in [6.07, 6.45) is 2.89. The van der Waals surface area contributed by atoms with E-state index in [-0.39, 0.29) is 12.3 Å². The number of anilines is 1. The molecule has 0 aromatic heterocycles. The van der Waals surface area contributed by atoms with Crippen molar-refractivity contribution < 1.29 is 23.4 Å². The summed E-state index contributed by atoms with van der Waals surface area (Å²) in [7, 11) is 0. The first-order valence-corrected chi connectivity index (χ1v) is 8.03. The monoisotopic (exact) mass is 343 g/mol. The minimum Gasteiger partial charge on any atom is -0.435 e. The van der Waals surface area contributed by atoms with Gasteiger partial charge in [0, 0.05) is 18.8 Å². The summed E-state index contributed by atoms with van der Waals surface area (Å²) in [4.78, 5) is 14.0. The molecule has 0 radical (unpaired) electrons. The van der Waals surface area contributed by atoms with Gasteiger partial charge in [0.1, 0.15) is 5.75 Å².